The molecule has 4 aromatic rings. The number of ketones is 1. The third-order valence-corrected chi connectivity index (χ3v) is 4.54. The summed E-state index contributed by atoms with van der Waals surface area (Å²) in [4.78, 5) is 29.0. The van der Waals surface area contributed by atoms with Crippen LogP contribution in [0.5, 0.6) is 0 Å². The van der Waals surface area contributed by atoms with Gasteiger partial charge in [0.15, 0.2) is 5.78 Å². The van der Waals surface area contributed by atoms with E-state index in [1.54, 1.807) is 42.7 Å². The Kier molecular flexibility index (Phi) is 5.29. The zero-order valence-electron chi connectivity index (χ0n) is 15.6. The molecular formula is C24H19N3O2. The minimum Gasteiger partial charge on any atom is -0.376 e. The van der Waals surface area contributed by atoms with Gasteiger partial charge in [-0.2, -0.15) is 0 Å². The van der Waals surface area contributed by atoms with Crippen LogP contribution in [0.2, 0.25) is 0 Å². The van der Waals surface area contributed by atoms with E-state index in [9.17, 15) is 9.59 Å². The van der Waals surface area contributed by atoms with Crippen molar-refractivity contribution in [2.45, 2.75) is 0 Å². The van der Waals surface area contributed by atoms with Crippen molar-refractivity contribution in [3.8, 4) is 0 Å². The molecule has 2 N–H and O–H groups in total. The van der Waals surface area contributed by atoms with Gasteiger partial charge in [-0.25, -0.2) is 0 Å². The summed E-state index contributed by atoms with van der Waals surface area (Å²) in [6.07, 6.45) is 3.51. The van der Waals surface area contributed by atoms with Crippen LogP contribution in [-0.4, -0.2) is 23.2 Å². The van der Waals surface area contributed by atoms with Crippen LogP contribution in [0.15, 0.2) is 91.3 Å². The van der Waals surface area contributed by atoms with E-state index in [0.717, 1.165) is 16.5 Å². The molecule has 0 bridgehead atoms. The number of hydrogen-bond donors (Lipinski definition) is 2. The van der Waals surface area contributed by atoms with E-state index >= 15 is 0 Å². The fourth-order valence-electron chi connectivity index (χ4n) is 3.08. The molecule has 3 aromatic carbocycles. The molecule has 5 heteroatoms. The number of carbonyl (C=O) groups is 2. The van der Waals surface area contributed by atoms with Crippen LogP contribution in [-0.2, 0) is 4.79 Å². The number of amides is 1. The zero-order valence-corrected chi connectivity index (χ0v) is 15.6. The minimum atomic E-state index is -0.168. The fraction of sp³-hybridized carbons (Fsp3) is 0.0417. The fourth-order valence-corrected chi connectivity index (χ4v) is 3.08. The highest BCUT2D eigenvalue weighted by Gasteiger charge is 2.09. The van der Waals surface area contributed by atoms with Crippen LogP contribution in [0.3, 0.4) is 0 Å². The lowest BCUT2D eigenvalue weighted by Gasteiger charge is -2.10. The highest BCUT2D eigenvalue weighted by atomic mass is 16.2. The van der Waals surface area contributed by atoms with Gasteiger partial charge in [-0.1, -0.05) is 48.5 Å². The summed E-state index contributed by atoms with van der Waals surface area (Å²) >= 11 is 0. The summed E-state index contributed by atoms with van der Waals surface area (Å²) in [6, 6.07) is 23.9. The van der Waals surface area contributed by atoms with Gasteiger partial charge in [0.05, 0.1) is 6.54 Å². The lowest BCUT2D eigenvalue weighted by atomic mass is 10.0. The predicted molar refractivity (Wildman–Crippen MR) is 115 cm³/mol. The molecule has 1 aromatic heterocycles. The van der Waals surface area contributed by atoms with Gasteiger partial charge in [-0.3, -0.25) is 14.6 Å². The number of nitrogens with one attached hydrogen (secondary N) is 2. The second kappa shape index (κ2) is 8.35. The molecule has 0 radical (unpaired) electrons. The van der Waals surface area contributed by atoms with Crippen molar-refractivity contribution in [1.82, 2.24) is 4.98 Å². The molecule has 0 aliphatic carbocycles. The second-order valence-corrected chi connectivity index (χ2v) is 6.62. The Bertz CT molecular complexity index is 1170. The Morgan fingerprint density at radius 2 is 1.59 bits per heavy atom. The number of nitrogens with zero attached hydrogens (tertiary/aromatic N) is 1. The first kappa shape index (κ1) is 18.4. The van der Waals surface area contributed by atoms with Crippen molar-refractivity contribution in [3.63, 3.8) is 0 Å². The quantitative estimate of drug-likeness (QED) is 0.482. The summed E-state index contributed by atoms with van der Waals surface area (Å²) in [5.74, 6) is -0.220. The molecule has 1 heterocycles. The first-order valence-corrected chi connectivity index (χ1v) is 9.26. The monoisotopic (exact) mass is 381 g/mol. The maximum absolute atomic E-state index is 12.6. The van der Waals surface area contributed by atoms with Gasteiger partial charge in [0.25, 0.3) is 0 Å². The van der Waals surface area contributed by atoms with E-state index in [0.29, 0.717) is 16.8 Å². The van der Waals surface area contributed by atoms with E-state index in [1.165, 1.54) is 0 Å². The second-order valence-electron chi connectivity index (χ2n) is 6.62. The zero-order chi connectivity index (χ0) is 20.1. The molecule has 1 amide bonds. The van der Waals surface area contributed by atoms with Crippen LogP contribution in [0, 0.1) is 0 Å². The van der Waals surface area contributed by atoms with E-state index in [1.807, 2.05) is 48.5 Å². The lowest BCUT2D eigenvalue weighted by molar-refractivity contribution is -0.114. The largest absolute Gasteiger partial charge is 0.376 e. The molecule has 0 unspecified atom stereocenters. The van der Waals surface area contributed by atoms with Crippen LogP contribution < -0.4 is 10.6 Å². The Labute approximate surface area is 168 Å². The maximum Gasteiger partial charge on any atom is 0.243 e. The molecular weight excluding hydrogens is 362 g/mol. The van der Waals surface area contributed by atoms with Gasteiger partial charge in [-0.05, 0) is 35.7 Å². The van der Waals surface area contributed by atoms with Crippen LogP contribution in [0.25, 0.3) is 10.8 Å². The average Bonchev–Trinajstić information content (AvgIpc) is 2.78. The average molecular weight is 381 g/mol. The maximum atomic E-state index is 12.6. The summed E-state index contributed by atoms with van der Waals surface area (Å²) in [5, 5.41) is 7.98. The van der Waals surface area contributed by atoms with E-state index < -0.39 is 0 Å². The Morgan fingerprint density at radius 1 is 0.759 bits per heavy atom. The minimum absolute atomic E-state index is 0.0515. The number of benzene rings is 3. The molecule has 0 saturated carbocycles. The van der Waals surface area contributed by atoms with Gasteiger partial charge < -0.3 is 10.6 Å². The number of pyridine rings is 1. The van der Waals surface area contributed by atoms with Gasteiger partial charge >= 0.3 is 0 Å². The molecule has 0 saturated heterocycles. The Balaban J connectivity index is 1.39. The van der Waals surface area contributed by atoms with Gasteiger partial charge in [-0.15, -0.1) is 0 Å². The van der Waals surface area contributed by atoms with Crippen molar-refractivity contribution in [3.05, 3.63) is 102 Å². The molecule has 0 atom stereocenters. The summed E-state index contributed by atoms with van der Waals surface area (Å²) in [6.45, 7) is 0.0946. The summed E-state index contributed by atoms with van der Waals surface area (Å²) < 4.78 is 0. The van der Waals surface area contributed by atoms with Crippen molar-refractivity contribution >= 4 is 33.8 Å². The smallest absolute Gasteiger partial charge is 0.243 e. The third kappa shape index (κ3) is 4.47. The summed E-state index contributed by atoms with van der Waals surface area (Å²) in [5.41, 5.74) is 2.65. The standard InChI is InChI=1S/C24H19N3O2/c28-23(27-22-10-9-20-15-25-12-11-18(20)13-22)16-26-21-8-4-7-19(14-21)24(29)17-5-2-1-3-6-17/h1-15,26H,16H2,(H,27,28). The van der Waals surface area contributed by atoms with Crippen molar-refractivity contribution in [1.29, 1.82) is 0 Å². The lowest BCUT2D eigenvalue weighted by Crippen LogP contribution is -2.21. The molecule has 0 aliphatic heterocycles. The van der Waals surface area contributed by atoms with Crippen molar-refractivity contribution in [2.75, 3.05) is 17.2 Å². The molecule has 142 valence electrons. The Morgan fingerprint density at radius 3 is 2.45 bits per heavy atom. The first-order valence-electron chi connectivity index (χ1n) is 9.26. The number of hydrogen-bond acceptors (Lipinski definition) is 4. The van der Waals surface area contributed by atoms with Gasteiger partial charge in [0, 0.05) is 40.3 Å². The molecule has 0 fully saturated rings. The topological polar surface area (TPSA) is 71.1 Å². The molecule has 29 heavy (non-hydrogen) atoms. The van der Waals surface area contributed by atoms with Crippen LogP contribution in [0.4, 0.5) is 11.4 Å². The normalized spacial score (nSPS) is 10.5. The molecule has 5 nitrogen and oxygen atoms in total. The van der Waals surface area contributed by atoms with Crippen LogP contribution in [0.1, 0.15) is 15.9 Å². The van der Waals surface area contributed by atoms with Crippen LogP contribution >= 0.6 is 0 Å². The van der Waals surface area contributed by atoms with E-state index in [4.69, 9.17) is 0 Å². The number of aromatic nitrogens is 1. The van der Waals surface area contributed by atoms with Gasteiger partial charge in [0.1, 0.15) is 0 Å². The number of carbonyl (C=O) groups excluding carboxylic acids is 2. The third-order valence-electron chi connectivity index (χ3n) is 4.54. The highest BCUT2D eigenvalue weighted by molar-refractivity contribution is 6.09. The van der Waals surface area contributed by atoms with E-state index in [-0.39, 0.29) is 18.2 Å². The molecule has 0 aliphatic rings. The van der Waals surface area contributed by atoms with Gasteiger partial charge in [0.2, 0.25) is 5.91 Å². The SMILES string of the molecule is O=C(CNc1cccc(C(=O)c2ccccc2)c1)Nc1ccc2cnccc2c1. The molecule has 4 rings (SSSR count). The number of rotatable bonds is 6. The van der Waals surface area contributed by atoms with Crippen molar-refractivity contribution < 1.29 is 9.59 Å². The predicted octanol–water partition coefficient (Wildman–Crippen LogP) is 4.52. The van der Waals surface area contributed by atoms with Crippen molar-refractivity contribution in [2.24, 2.45) is 0 Å². The number of anilines is 2. The number of fused-ring (bicyclic) bond motifs is 1. The Hall–Kier alpha value is -3.99. The highest BCUT2D eigenvalue weighted by Crippen LogP contribution is 2.18. The molecule has 0 spiro atoms. The summed E-state index contributed by atoms with van der Waals surface area (Å²) in [7, 11) is 0. The first-order chi connectivity index (χ1) is 14.2. The van der Waals surface area contributed by atoms with E-state index in [2.05, 4.69) is 15.6 Å².